The SMILES string of the molecule is COc1ccc(C(CNC(=O)c2ccc(S(=O)(=O)N3CCOCC3)cc2)N2CCCCC2)cc1OC. The Kier molecular flexibility index (Phi) is 8.84. The molecule has 0 aromatic heterocycles. The molecule has 36 heavy (non-hydrogen) atoms. The number of methoxy groups -OCH3 is 2. The van der Waals surface area contributed by atoms with Gasteiger partial charge >= 0.3 is 0 Å². The lowest BCUT2D eigenvalue weighted by Gasteiger charge is -2.35. The molecule has 0 radical (unpaired) electrons. The zero-order valence-electron chi connectivity index (χ0n) is 20.9. The van der Waals surface area contributed by atoms with E-state index in [4.69, 9.17) is 14.2 Å². The molecule has 2 saturated heterocycles. The third-order valence-electron chi connectivity index (χ3n) is 6.80. The molecule has 4 rings (SSSR count). The lowest BCUT2D eigenvalue weighted by molar-refractivity contribution is 0.0730. The number of sulfonamides is 1. The maximum absolute atomic E-state index is 13.0. The van der Waals surface area contributed by atoms with Crippen LogP contribution in [-0.4, -0.2) is 83.7 Å². The average molecular weight is 518 g/mol. The number of likely N-dealkylation sites (tertiary alicyclic amines) is 1. The number of morpholine rings is 1. The van der Waals surface area contributed by atoms with Gasteiger partial charge in [-0.3, -0.25) is 9.69 Å². The van der Waals surface area contributed by atoms with Crippen molar-refractivity contribution < 1.29 is 27.4 Å². The summed E-state index contributed by atoms with van der Waals surface area (Å²) in [4.78, 5) is 15.6. The van der Waals surface area contributed by atoms with Crippen molar-refractivity contribution in [2.24, 2.45) is 0 Å². The molecule has 2 aliphatic heterocycles. The van der Waals surface area contributed by atoms with Crippen LogP contribution in [0.3, 0.4) is 0 Å². The number of benzene rings is 2. The van der Waals surface area contributed by atoms with Crippen LogP contribution in [0.25, 0.3) is 0 Å². The van der Waals surface area contributed by atoms with Gasteiger partial charge < -0.3 is 19.5 Å². The van der Waals surface area contributed by atoms with E-state index in [1.54, 1.807) is 26.4 Å². The van der Waals surface area contributed by atoms with Crippen molar-refractivity contribution in [2.75, 3.05) is 60.2 Å². The van der Waals surface area contributed by atoms with Gasteiger partial charge in [-0.25, -0.2) is 8.42 Å². The van der Waals surface area contributed by atoms with Gasteiger partial charge in [-0.1, -0.05) is 12.5 Å². The number of rotatable bonds is 9. The molecule has 1 unspecified atom stereocenters. The molecule has 2 aromatic carbocycles. The molecule has 2 heterocycles. The van der Waals surface area contributed by atoms with Crippen LogP contribution in [0.5, 0.6) is 11.5 Å². The summed E-state index contributed by atoms with van der Waals surface area (Å²) in [6.45, 7) is 3.78. The first-order chi connectivity index (χ1) is 17.4. The zero-order valence-corrected chi connectivity index (χ0v) is 21.8. The summed E-state index contributed by atoms with van der Waals surface area (Å²) < 4.78 is 43.3. The number of carbonyl (C=O) groups excluding carboxylic acids is 1. The van der Waals surface area contributed by atoms with Gasteiger partial charge in [-0.15, -0.1) is 0 Å². The van der Waals surface area contributed by atoms with Crippen molar-refractivity contribution in [3.8, 4) is 11.5 Å². The first-order valence-electron chi connectivity index (χ1n) is 12.4. The van der Waals surface area contributed by atoms with Gasteiger partial charge in [0.1, 0.15) is 0 Å². The number of piperidine rings is 1. The Bertz CT molecular complexity index is 1130. The highest BCUT2D eigenvalue weighted by atomic mass is 32.2. The summed E-state index contributed by atoms with van der Waals surface area (Å²) in [6, 6.07) is 12.0. The minimum Gasteiger partial charge on any atom is -0.493 e. The Labute approximate surface area is 213 Å². The lowest BCUT2D eigenvalue weighted by Crippen LogP contribution is -2.41. The quantitative estimate of drug-likeness (QED) is 0.546. The Morgan fingerprint density at radius 1 is 0.944 bits per heavy atom. The fourth-order valence-electron chi connectivity index (χ4n) is 4.75. The molecule has 2 aliphatic rings. The van der Waals surface area contributed by atoms with Gasteiger partial charge in [-0.2, -0.15) is 4.31 Å². The molecule has 10 heteroatoms. The smallest absolute Gasteiger partial charge is 0.251 e. The highest BCUT2D eigenvalue weighted by molar-refractivity contribution is 7.89. The third-order valence-corrected chi connectivity index (χ3v) is 8.72. The Morgan fingerprint density at radius 3 is 2.25 bits per heavy atom. The largest absolute Gasteiger partial charge is 0.493 e. The summed E-state index contributed by atoms with van der Waals surface area (Å²) in [7, 11) is -0.379. The van der Waals surface area contributed by atoms with E-state index in [0.29, 0.717) is 49.9 Å². The van der Waals surface area contributed by atoms with E-state index in [1.165, 1.54) is 22.9 Å². The van der Waals surface area contributed by atoms with Gasteiger partial charge in [0, 0.05) is 25.2 Å². The molecule has 0 aliphatic carbocycles. The van der Waals surface area contributed by atoms with Gasteiger partial charge in [0.15, 0.2) is 11.5 Å². The van der Waals surface area contributed by atoms with Crippen LogP contribution in [0.2, 0.25) is 0 Å². The van der Waals surface area contributed by atoms with Crippen molar-refractivity contribution in [1.82, 2.24) is 14.5 Å². The molecule has 1 atom stereocenters. The summed E-state index contributed by atoms with van der Waals surface area (Å²) in [5.41, 5.74) is 1.46. The van der Waals surface area contributed by atoms with E-state index in [9.17, 15) is 13.2 Å². The van der Waals surface area contributed by atoms with Crippen molar-refractivity contribution in [1.29, 1.82) is 0 Å². The van der Waals surface area contributed by atoms with Crippen LogP contribution in [0, 0.1) is 0 Å². The first kappa shape index (κ1) is 26.4. The summed E-state index contributed by atoms with van der Waals surface area (Å²) in [5, 5.41) is 3.05. The second-order valence-corrected chi connectivity index (χ2v) is 10.9. The minimum atomic E-state index is -3.60. The van der Waals surface area contributed by atoms with E-state index in [0.717, 1.165) is 31.5 Å². The second-order valence-electron chi connectivity index (χ2n) is 8.98. The molecule has 2 aromatic rings. The molecular formula is C26H35N3O6S. The Balaban J connectivity index is 1.47. The zero-order chi connectivity index (χ0) is 25.5. The van der Waals surface area contributed by atoms with Gasteiger partial charge in [0.05, 0.1) is 38.4 Å². The highest BCUT2D eigenvalue weighted by Crippen LogP contribution is 2.33. The van der Waals surface area contributed by atoms with Crippen LogP contribution >= 0.6 is 0 Å². The van der Waals surface area contributed by atoms with Crippen molar-refractivity contribution in [3.63, 3.8) is 0 Å². The van der Waals surface area contributed by atoms with Crippen molar-refractivity contribution in [2.45, 2.75) is 30.2 Å². The number of amides is 1. The molecule has 0 spiro atoms. The first-order valence-corrected chi connectivity index (χ1v) is 13.8. The molecule has 196 valence electrons. The number of nitrogens with zero attached hydrogens (tertiary/aromatic N) is 2. The normalized spacial score (nSPS) is 18.4. The van der Waals surface area contributed by atoms with Crippen LogP contribution in [-0.2, 0) is 14.8 Å². The number of nitrogens with one attached hydrogen (secondary N) is 1. The van der Waals surface area contributed by atoms with Gasteiger partial charge in [0.2, 0.25) is 10.0 Å². The Hall–Kier alpha value is -2.66. The molecule has 9 nitrogen and oxygen atoms in total. The van der Waals surface area contributed by atoms with Crippen LogP contribution in [0.1, 0.15) is 41.2 Å². The molecule has 1 N–H and O–H groups in total. The number of hydrogen-bond acceptors (Lipinski definition) is 7. The van der Waals surface area contributed by atoms with E-state index < -0.39 is 10.0 Å². The lowest BCUT2D eigenvalue weighted by atomic mass is 10.0. The monoisotopic (exact) mass is 517 g/mol. The van der Waals surface area contributed by atoms with E-state index >= 15 is 0 Å². The van der Waals surface area contributed by atoms with Gasteiger partial charge in [-0.05, 0) is 67.9 Å². The fourth-order valence-corrected chi connectivity index (χ4v) is 6.16. The van der Waals surface area contributed by atoms with E-state index in [1.807, 2.05) is 18.2 Å². The minimum absolute atomic E-state index is 0.0185. The van der Waals surface area contributed by atoms with Gasteiger partial charge in [0.25, 0.3) is 5.91 Å². The van der Waals surface area contributed by atoms with Crippen molar-refractivity contribution >= 4 is 15.9 Å². The number of carbonyl (C=O) groups is 1. The summed E-state index contributed by atoms with van der Waals surface area (Å²) in [5.74, 6) is 1.07. The topological polar surface area (TPSA) is 97.4 Å². The van der Waals surface area contributed by atoms with Crippen LogP contribution in [0.4, 0.5) is 0 Å². The number of ether oxygens (including phenoxy) is 3. The average Bonchev–Trinajstić information content (AvgIpc) is 2.94. The standard InChI is InChI=1S/C26H35N3O6S/c1-33-24-11-8-21(18-25(24)34-2)23(28-12-4-3-5-13-28)19-27-26(30)20-6-9-22(10-7-20)36(31,32)29-14-16-35-17-15-29/h6-11,18,23H,3-5,12-17,19H2,1-2H3,(H,27,30). The predicted octanol–water partition coefficient (Wildman–Crippen LogP) is 2.68. The molecule has 2 fully saturated rings. The van der Waals surface area contributed by atoms with Crippen molar-refractivity contribution in [3.05, 3.63) is 53.6 Å². The molecular weight excluding hydrogens is 482 g/mol. The highest BCUT2D eigenvalue weighted by Gasteiger charge is 2.27. The third kappa shape index (κ3) is 6.00. The maximum atomic E-state index is 13.0. The molecule has 1 amide bonds. The maximum Gasteiger partial charge on any atom is 0.251 e. The summed E-state index contributed by atoms with van der Waals surface area (Å²) >= 11 is 0. The Morgan fingerprint density at radius 2 is 1.61 bits per heavy atom. The van der Waals surface area contributed by atoms with Crippen LogP contribution in [0.15, 0.2) is 47.4 Å². The van der Waals surface area contributed by atoms with E-state index in [2.05, 4.69) is 10.2 Å². The summed E-state index contributed by atoms with van der Waals surface area (Å²) in [6.07, 6.45) is 3.45. The van der Waals surface area contributed by atoms with E-state index in [-0.39, 0.29) is 16.8 Å². The molecule has 0 saturated carbocycles. The predicted molar refractivity (Wildman–Crippen MR) is 136 cm³/mol. The second kappa shape index (κ2) is 12.1. The molecule has 0 bridgehead atoms. The van der Waals surface area contributed by atoms with Crippen LogP contribution < -0.4 is 14.8 Å². The fraction of sp³-hybridized carbons (Fsp3) is 0.500. The number of hydrogen-bond donors (Lipinski definition) is 1.